The quantitative estimate of drug-likeness (QED) is 0.809. The number of carbonyl (C=O) groups excluding carboxylic acids is 2. The lowest BCUT2D eigenvalue weighted by Crippen LogP contribution is -2.42. The summed E-state index contributed by atoms with van der Waals surface area (Å²) >= 11 is 0. The molecule has 0 aromatic carbocycles. The molecule has 0 N–H and O–H groups in total. The number of likely N-dealkylation sites (tertiary alicyclic amines) is 1. The van der Waals surface area contributed by atoms with Crippen LogP contribution in [0.25, 0.3) is 0 Å². The predicted octanol–water partition coefficient (Wildman–Crippen LogP) is 2.11. The summed E-state index contributed by atoms with van der Waals surface area (Å²) in [7, 11) is 0. The summed E-state index contributed by atoms with van der Waals surface area (Å²) in [5.74, 6) is 1.71. The second-order valence-electron chi connectivity index (χ2n) is 7.61. The van der Waals surface area contributed by atoms with Crippen LogP contribution < -0.4 is 4.90 Å². The van der Waals surface area contributed by atoms with E-state index in [1.54, 1.807) is 11.1 Å². The fraction of sp³-hybridized carbons (Fsp3) is 0.429. The van der Waals surface area contributed by atoms with E-state index in [1.807, 2.05) is 36.2 Å². The van der Waals surface area contributed by atoms with Crippen LogP contribution in [0.4, 0.5) is 5.82 Å². The van der Waals surface area contributed by atoms with Crippen molar-refractivity contribution in [2.24, 2.45) is 4.99 Å². The van der Waals surface area contributed by atoms with Crippen LogP contribution in [0.3, 0.4) is 0 Å². The molecule has 1 unspecified atom stereocenters. The van der Waals surface area contributed by atoms with Crippen molar-refractivity contribution in [2.45, 2.75) is 38.6 Å². The highest BCUT2D eigenvalue weighted by Gasteiger charge is 2.34. The van der Waals surface area contributed by atoms with Crippen LogP contribution in [0.1, 0.15) is 42.1 Å². The number of aromatic nitrogens is 1. The summed E-state index contributed by atoms with van der Waals surface area (Å²) in [4.78, 5) is 39.7. The summed E-state index contributed by atoms with van der Waals surface area (Å²) in [6.07, 6.45) is 11.1. The molecule has 1 aromatic heterocycles. The predicted molar refractivity (Wildman–Crippen MR) is 106 cm³/mol. The summed E-state index contributed by atoms with van der Waals surface area (Å²) in [6, 6.07) is 1.72. The lowest BCUT2D eigenvalue weighted by atomic mass is 10.0. The largest absolute Gasteiger partial charge is 0.338 e. The summed E-state index contributed by atoms with van der Waals surface area (Å²) in [6.45, 7) is 4.52. The first-order valence-corrected chi connectivity index (χ1v) is 10.0. The van der Waals surface area contributed by atoms with Gasteiger partial charge in [-0.05, 0) is 43.4 Å². The van der Waals surface area contributed by atoms with E-state index in [2.05, 4.69) is 14.9 Å². The number of rotatable bonds is 3. The van der Waals surface area contributed by atoms with Crippen molar-refractivity contribution < 1.29 is 9.59 Å². The Kier molecular flexibility index (Phi) is 4.03. The van der Waals surface area contributed by atoms with E-state index in [-0.39, 0.29) is 17.9 Å². The molecule has 0 saturated carbocycles. The molecule has 1 fully saturated rings. The SMILES string of the molecule is CCC1N=C2C=C(N3CCCc4cc(C(=O)N5CCC5)cnc43)C=CN2C1=O. The molecule has 4 aliphatic heterocycles. The standard InChI is InChI=1S/C21H23N5O2/c1-2-17-21(28)26-10-6-16(12-18(26)23-17)25-9-3-5-14-11-15(13-22-19(14)25)20(27)24-7-4-8-24/h6,10-13,17H,2-5,7-9H2,1H3. The van der Waals surface area contributed by atoms with Gasteiger partial charge in [0.1, 0.15) is 17.7 Å². The second kappa shape index (κ2) is 6.58. The van der Waals surface area contributed by atoms with Gasteiger partial charge >= 0.3 is 0 Å². The summed E-state index contributed by atoms with van der Waals surface area (Å²) < 4.78 is 0. The number of amides is 2. The fourth-order valence-corrected chi connectivity index (χ4v) is 4.11. The van der Waals surface area contributed by atoms with Crippen molar-refractivity contribution in [3.05, 3.63) is 47.4 Å². The number of nitrogens with zero attached hydrogens (tertiary/aromatic N) is 5. The Morgan fingerprint density at radius 1 is 1.25 bits per heavy atom. The zero-order chi connectivity index (χ0) is 19.3. The second-order valence-corrected chi connectivity index (χ2v) is 7.61. The molecule has 1 atom stereocenters. The highest BCUT2D eigenvalue weighted by Crippen LogP contribution is 2.31. The molecule has 28 heavy (non-hydrogen) atoms. The molecule has 0 bridgehead atoms. The highest BCUT2D eigenvalue weighted by molar-refractivity contribution is 6.13. The van der Waals surface area contributed by atoms with Gasteiger partial charge in [-0.2, -0.15) is 0 Å². The number of allylic oxidation sites excluding steroid dienone is 1. The van der Waals surface area contributed by atoms with Crippen molar-refractivity contribution in [3.8, 4) is 0 Å². The molecule has 1 saturated heterocycles. The lowest BCUT2D eigenvalue weighted by Gasteiger charge is -2.34. The molecule has 1 aromatic rings. The maximum atomic E-state index is 12.5. The number of aryl methyl sites for hydroxylation is 1. The monoisotopic (exact) mass is 377 g/mol. The minimum atomic E-state index is -0.280. The minimum absolute atomic E-state index is 0.0374. The zero-order valence-electron chi connectivity index (χ0n) is 16.0. The van der Waals surface area contributed by atoms with E-state index in [1.165, 1.54) is 0 Å². The zero-order valence-corrected chi connectivity index (χ0v) is 16.0. The number of anilines is 1. The molecular formula is C21H23N5O2. The van der Waals surface area contributed by atoms with Crippen LogP contribution in [0, 0.1) is 0 Å². The number of aliphatic imine (C=N–C) groups is 1. The highest BCUT2D eigenvalue weighted by atomic mass is 16.2. The smallest absolute Gasteiger partial charge is 0.257 e. The number of carbonyl (C=O) groups is 2. The molecule has 0 aliphatic carbocycles. The Bertz CT molecular complexity index is 944. The molecule has 0 radical (unpaired) electrons. The van der Waals surface area contributed by atoms with E-state index in [0.29, 0.717) is 17.8 Å². The average Bonchev–Trinajstić information content (AvgIpc) is 3.01. The topological polar surface area (TPSA) is 69.1 Å². The number of amidine groups is 1. The molecule has 0 spiro atoms. The van der Waals surface area contributed by atoms with Crippen LogP contribution in [-0.2, 0) is 11.2 Å². The van der Waals surface area contributed by atoms with Crippen LogP contribution in [0.15, 0.2) is 41.3 Å². The van der Waals surface area contributed by atoms with Gasteiger partial charge in [0.25, 0.3) is 11.8 Å². The Morgan fingerprint density at radius 2 is 2.11 bits per heavy atom. The summed E-state index contributed by atoms with van der Waals surface area (Å²) in [5, 5.41) is 0. The Hall–Kier alpha value is -2.96. The third kappa shape index (κ3) is 2.65. The van der Waals surface area contributed by atoms with Crippen LogP contribution in [-0.4, -0.2) is 58.1 Å². The molecule has 5 rings (SSSR count). The van der Waals surface area contributed by atoms with E-state index < -0.39 is 0 Å². The van der Waals surface area contributed by atoms with E-state index in [9.17, 15) is 9.59 Å². The molecule has 4 aliphatic rings. The van der Waals surface area contributed by atoms with Gasteiger partial charge in [-0.15, -0.1) is 0 Å². The summed E-state index contributed by atoms with van der Waals surface area (Å²) in [5.41, 5.74) is 2.76. The first-order chi connectivity index (χ1) is 13.7. The molecule has 7 heteroatoms. The van der Waals surface area contributed by atoms with Gasteiger partial charge in [-0.25, -0.2) is 4.98 Å². The van der Waals surface area contributed by atoms with Gasteiger partial charge in [0.05, 0.1) is 5.56 Å². The normalized spacial score (nSPS) is 23.1. The van der Waals surface area contributed by atoms with Gasteiger partial charge in [0.15, 0.2) is 0 Å². The molecular weight excluding hydrogens is 354 g/mol. The van der Waals surface area contributed by atoms with Gasteiger partial charge in [-0.1, -0.05) is 6.92 Å². The van der Waals surface area contributed by atoms with Crippen LogP contribution in [0.5, 0.6) is 0 Å². The van der Waals surface area contributed by atoms with Crippen molar-refractivity contribution in [1.82, 2.24) is 14.8 Å². The van der Waals surface area contributed by atoms with E-state index in [0.717, 1.165) is 56.0 Å². The number of pyridine rings is 1. The van der Waals surface area contributed by atoms with Gasteiger partial charge < -0.3 is 9.80 Å². The maximum absolute atomic E-state index is 12.5. The third-order valence-electron chi connectivity index (χ3n) is 5.84. The van der Waals surface area contributed by atoms with Crippen molar-refractivity contribution >= 4 is 23.5 Å². The number of fused-ring (bicyclic) bond motifs is 2. The van der Waals surface area contributed by atoms with Crippen molar-refractivity contribution in [2.75, 3.05) is 24.5 Å². The van der Waals surface area contributed by atoms with Crippen molar-refractivity contribution in [1.29, 1.82) is 0 Å². The lowest BCUT2D eigenvalue weighted by molar-refractivity contribution is -0.125. The van der Waals surface area contributed by atoms with Crippen LogP contribution >= 0.6 is 0 Å². The number of hydrogen-bond donors (Lipinski definition) is 0. The molecule has 144 valence electrons. The van der Waals surface area contributed by atoms with Gasteiger partial charge in [0.2, 0.25) is 0 Å². The maximum Gasteiger partial charge on any atom is 0.257 e. The van der Waals surface area contributed by atoms with E-state index in [4.69, 9.17) is 0 Å². The van der Waals surface area contributed by atoms with Crippen LogP contribution in [0.2, 0.25) is 0 Å². The first kappa shape index (κ1) is 17.2. The number of hydrogen-bond acceptors (Lipinski definition) is 5. The Morgan fingerprint density at radius 3 is 2.86 bits per heavy atom. The minimum Gasteiger partial charge on any atom is -0.338 e. The fourth-order valence-electron chi connectivity index (χ4n) is 4.11. The Labute approximate surface area is 164 Å². The van der Waals surface area contributed by atoms with E-state index >= 15 is 0 Å². The molecule has 2 amide bonds. The average molecular weight is 377 g/mol. The van der Waals surface area contributed by atoms with Crippen molar-refractivity contribution in [3.63, 3.8) is 0 Å². The first-order valence-electron chi connectivity index (χ1n) is 10.0. The molecule has 7 nitrogen and oxygen atoms in total. The molecule has 5 heterocycles. The van der Waals surface area contributed by atoms with Gasteiger partial charge in [0, 0.05) is 43.8 Å². The Balaban J connectivity index is 1.44. The third-order valence-corrected chi connectivity index (χ3v) is 5.84. The van der Waals surface area contributed by atoms with Gasteiger partial charge in [-0.3, -0.25) is 19.5 Å².